The third-order valence-corrected chi connectivity index (χ3v) is 10.3. The molecule has 8 rings (SSSR count). The number of fused-ring (bicyclic) bond motifs is 2. The molecule has 2 saturated heterocycles. The molecule has 0 saturated carbocycles. The molecule has 0 spiro atoms. The number of aryl methyl sites for hydroxylation is 1. The van der Waals surface area contributed by atoms with Gasteiger partial charge in [0.25, 0.3) is 17.4 Å². The maximum absolute atomic E-state index is 13.1. The maximum atomic E-state index is 13.1. The summed E-state index contributed by atoms with van der Waals surface area (Å²) in [5.74, 6) is -0.524. The Balaban J connectivity index is 0.826. The Bertz CT molecular complexity index is 2430. The molecule has 0 radical (unpaired) electrons. The SMILES string of the molecule is COc1cc(-c2cn(C)c(=O)c3cnccc23)cc(OC)c1CN1CC(n2cc(COCCOc3ccc4c(c3)C(=O)N(C3CCC(=O)NC3=O)C4=O)nn2)C1. The lowest BCUT2D eigenvalue weighted by molar-refractivity contribution is -0.136. The fourth-order valence-electron chi connectivity index (χ4n) is 7.39. The molecule has 0 aliphatic carbocycles. The molecule has 4 amide bonds. The molecule has 2 aromatic carbocycles. The number of hydrogen-bond acceptors (Lipinski definition) is 13. The van der Waals surface area contributed by atoms with Gasteiger partial charge in [-0.2, -0.15) is 0 Å². The number of nitrogens with one attached hydrogen (secondary N) is 1. The van der Waals surface area contributed by atoms with Crippen molar-refractivity contribution in [2.45, 2.75) is 38.1 Å². The standard InChI is InChI=1S/C39H38N8O9/c1-44-19-30(26-8-9-40-15-29(26)37(44)50)22-12-33(53-2)31(34(13-22)54-3)20-45-17-24(18-45)46-16-23(42-43-46)21-55-10-11-56-25-4-5-27-28(14-25)39(52)47(38(27)51)32-6-7-35(48)41-36(32)49/h4-5,8-9,12-16,19,24,32H,6-7,10-11,17-18,20-21H2,1-3H3,(H,41,48,49). The second-order valence-corrected chi connectivity index (χ2v) is 13.8. The van der Waals surface area contributed by atoms with Gasteiger partial charge in [-0.15, -0.1) is 5.10 Å². The number of aromatic nitrogens is 5. The number of likely N-dealkylation sites (tertiary alicyclic amines) is 1. The fourth-order valence-corrected chi connectivity index (χ4v) is 7.39. The third-order valence-electron chi connectivity index (χ3n) is 10.3. The van der Waals surface area contributed by atoms with Crippen LogP contribution in [0.2, 0.25) is 0 Å². The number of ether oxygens (including phenoxy) is 4. The number of piperidine rings is 1. The molecule has 56 heavy (non-hydrogen) atoms. The molecule has 3 aliphatic rings. The van der Waals surface area contributed by atoms with Crippen LogP contribution in [0.15, 0.2) is 66.0 Å². The van der Waals surface area contributed by atoms with Crippen molar-refractivity contribution in [3.63, 3.8) is 0 Å². The number of imide groups is 2. The van der Waals surface area contributed by atoms with Crippen molar-refractivity contribution in [3.05, 3.63) is 93.9 Å². The Morgan fingerprint density at radius 2 is 1.64 bits per heavy atom. The summed E-state index contributed by atoms with van der Waals surface area (Å²) >= 11 is 0. The molecule has 3 aliphatic heterocycles. The molecule has 1 unspecified atom stereocenters. The summed E-state index contributed by atoms with van der Waals surface area (Å²) in [6, 6.07) is 9.43. The Hall–Kier alpha value is -6.46. The Morgan fingerprint density at radius 3 is 2.39 bits per heavy atom. The summed E-state index contributed by atoms with van der Waals surface area (Å²) in [4.78, 5) is 69.9. The lowest BCUT2D eigenvalue weighted by atomic mass is 9.98. The lowest BCUT2D eigenvalue weighted by Gasteiger charge is -2.39. The van der Waals surface area contributed by atoms with Gasteiger partial charge in [0.15, 0.2) is 0 Å². The van der Waals surface area contributed by atoms with Crippen LogP contribution in [0.1, 0.15) is 50.9 Å². The smallest absolute Gasteiger partial charge is 0.262 e. The second kappa shape index (κ2) is 15.0. The number of benzene rings is 2. The summed E-state index contributed by atoms with van der Waals surface area (Å²) in [5.41, 5.74) is 3.52. The molecule has 2 fully saturated rings. The molecule has 1 N–H and O–H groups in total. The van der Waals surface area contributed by atoms with E-state index in [2.05, 4.69) is 25.5 Å². The first kappa shape index (κ1) is 36.5. The molecular weight excluding hydrogens is 724 g/mol. The van der Waals surface area contributed by atoms with Crippen LogP contribution in [0.4, 0.5) is 0 Å². The second-order valence-electron chi connectivity index (χ2n) is 13.8. The van der Waals surface area contributed by atoms with Gasteiger partial charge in [0.2, 0.25) is 11.8 Å². The van der Waals surface area contributed by atoms with E-state index in [4.69, 9.17) is 18.9 Å². The number of pyridine rings is 2. The third kappa shape index (κ3) is 6.75. The Labute approximate surface area is 319 Å². The van der Waals surface area contributed by atoms with Gasteiger partial charge >= 0.3 is 0 Å². The molecule has 17 nitrogen and oxygen atoms in total. The van der Waals surface area contributed by atoms with Crippen LogP contribution in [0.25, 0.3) is 21.9 Å². The zero-order chi connectivity index (χ0) is 39.1. The minimum absolute atomic E-state index is 0.0512. The molecular formula is C39H38N8O9. The van der Waals surface area contributed by atoms with Crippen LogP contribution < -0.4 is 25.1 Å². The van der Waals surface area contributed by atoms with Crippen molar-refractivity contribution in [2.24, 2.45) is 7.05 Å². The van der Waals surface area contributed by atoms with E-state index < -0.39 is 29.7 Å². The maximum Gasteiger partial charge on any atom is 0.262 e. The summed E-state index contributed by atoms with van der Waals surface area (Å²) in [7, 11) is 4.99. The van der Waals surface area contributed by atoms with Gasteiger partial charge < -0.3 is 23.5 Å². The van der Waals surface area contributed by atoms with E-state index in [1.807, 2.05) is 35.3 Å². The number of rotatable bonds is 13. The van der Waals surface area contributed by atoms with Crippen LogP contribution in [0, 0.1) is 0 Å². The summed E-state index contributed by atoms with van der Waals surface area (Å²) in [5, 5.41) is 12.1. The monoisotopic (exact) mass is 762 g/mol. The van der Waals surface area contributed by atoms with Crippen LogP contribution in [-0.2, 0) is 34.5 Å². The summed E-state index contributed by atoms with van der Waals surface area (Å²) in [6.45, 7) is 2.71. The van der Waals surface area contributed by atoms with Crippen LogP contribution >= 0.6 is 0 Å². The quantitative estimate of drug-likeness (QED) is 0.136. The largest absolute Gasteiger partial charge is 0.496 e. The molecule has 17 heteroatoms. The van der Waals surface area contributed by atoms with Gasteiger partial charge in [-0.25, -0.2) is 4.68 Å². The zero-order valence-corrected chi connectivity index (χ0v) is 30.9. The van der Waals surface area contributed by atoms with Gasteiger partial charge in [0.05, 0.1) is 61.7 Å². The number of carbonyl (C=O) groups is 4. The highest BCUT2D eigenvalue weighted by molar-refractivity contribution is 6.23. The van der Waals surface area contributed by atoms with Crippen molar-refractivity contribution in [1.82, 2.24) is 39.7 Å². The molecule has 288 valence electrons. The first-order valence-corrected chi connectivity index (χ1v) is 18.0. The number of nitrogens with zero attached hydrogens (tertiary/aromatic N) is 7. The number of methoxy groups -OCH3 is 2. The minimum atomic E-state index is -1.03. The normalized spacial score (nSPS) is 17.3. The van der Waals surface area contributed by atoms with Crippen LogP contribution in [0.5, 0.6) is 17.2 Å². The van der Waals surface area contributed by atoms with Gasteiger partial charge in [0.1, 0.15) is 35.6 Å². The van der Waals surface area contributed by atoms with Gasteiger partial charge in [-0.05, 0) is 53.8 Å². The molecule has 3 aromatic heterocycles. The van der Waals surface area contributed by atoms with E-state index >= 15 is 0 Å². The van der Waals surface area contributed by atoms with Gasteiger partial charge in [0, 0.05) is 57.3 Å². The van der Waals surface area contributed by atoms with E-state index in [-0.39, 0.29) is 55.4 Å². The van der Waals surface area contributed by atoms with Crippen molar-refractivity contribution >= 4 is 34.4 Å². The van der Waals surface area contributed by atoms with Crippen molar-refractivity contribution in [3.8, 4) is 28.4 Å². The Morgan fingerprint density at radius 1 is 0.875 bits per heavy atom. The average molecular weight is 763 g/mol. The van der Waals surface area contributed by atoms with E-state index in [0.717, 1.165) is 40.1 Å². The zero-order valence-electron chi connectivity index (χ0n) is 30.9. The summed E-state index contributed by atoms with van der Waals surface area (Å²) in [6.07, 6.45) is 7.08. The number of hydrogen-bond donors (Lipinski definition) is 1. The highest BCUT2D eigenvalue weighted by Gasteiger charge is 2.44. The van der Waals surface area contributed by atoms with Crippen LogP contribution in [-0.4, -0.2) is 105 Å². The predicted molar refractivity (Wildman–Crippen MR) is 198 cm³/mol. The van der Waals surface area contributed by atoms with Crippen molar-refractivity contribution < 1.29 is 38.1 Å². The molecule has 0 bridgehead atoms. The molecule has 5 aromatic rings. The van der Waals surface area contributed by atoms with Crippen molar-refractivity contribution in [2.75, 3.05) is 40.5 Å². The molecule has 6 heterocycles. The minimum Gasteiger partial charge on any atom is -0.496 e. The molecule has 1 atom stereocenters. The van der Waals surface area contributed by atoms with E-state index in [0.29, 0.717) is 34.9 Å². The summed E-state index contributed by atoms with van der Waals surface area (Å²) < 4.78 is 26.6. The number of amides is 4. The lowest BCUT2D eigenvalue weighted by Crippen LogP contribution is -2.54. The average Bonchev–Trinajstić information content (AvgIpc) is 3.75. The van der Waals surface area contributed by atoms with Crippen molar-refractivity contribution in [1.29, 1.82) is 0 Å². The van der Waals surface area contributed by atoms with E-state index in [1.54, 1.807) is 44.3 Å². The fraction of sp³-hybridized carbons (Fsp3) is 0.333. The number of carbonyl (C=O) groups excluding carboxylic acids is 4. The van der Waals surface area contributed by atoms with Gasteiger partial charge in [-0.1, -0.05) is 5.21 Å². The highest BCUT2D eigenvalue weighted by Crippen LogP contribution is 2.39. The topological polar surface area (TPSA) is 189 Å². The van der Waals surface area contributed by atoms with Gasteiger partial charge in [-0.3, -0.25) is 44.1 Å². The predicted octanol–water partition coefficient (Wildman–Crippen LogP) is 2.26. The first-order chi connectivity index (χ1) is 27.1. The Kier molecular flexibility index (Phi) is 9.78. The van der Waals surface area contributed by atoms with Crippen LogP contribution in [0.3, 0.4) is 0 Å². The highest BCUT2D eigenvalue weighted by atomic mass is 16.5. The van der Waals surface area contributed by atoms with E-state index in [1.165, 1.54) is 12.1 Å². The van der Waals surface area contributed by atoms with E-state index in [9.17, 15) is 24.0 Å². The first-order valence-electron chi connectivity index (χ1n) is 18.0.